The van der Waals surface area contributed by atoms with E-state index in [9.17, 15) is 4.79 Å². The van der Waals surface area contributed by atoms with Gasteiger partial charge in [-0.1, -0.05) is 0 Å². The van der Waals surface area contributed by atoms with Gasteiger partial charge in [0.1, 0.15) is 6.61 Å². The summed E-state index contributed by atoms with van der Waals surface area (Å²) < 4.78 is 4.77. The van der Waals surface area contributed by atoms with Crippen LogP contribution in [0.2, 0.25) is 0 Å². The maximum Gasteiger partial charge on any atom is 0.339 e. The first-order valence-corrected chi connectivity index (χ1v) is 3.62. The van der Waals surface area contributed by atoms with Crippen LogP contribution in [0.3, 0.4) is 0 Å². The summed E-state index contributed by atoms with van der Waals surface area (Å²) in [6, 6.07) is 3.32. The Bertz CT molecular complexity index is 257. The van der Waals surface area contributed by atoms with E-state index in [0.717, 1.165) is 0 Å². The van der Waals surface area contributed by atoms with Crippen LogP contribution in [0, 0.1) is 0 Å². The molecule has 0 unspecified atom stereocenters. The first-order valence-electron chi connectivity index (χ1n) is 3.62. The van der Waals surface area contributed by atoms with Gasteiger partial charge >= 0.3 is 5.97 Å². The molecule has 2 N–H and O–H groups in total. The minimum atomic E-state index is -0.381. The highest BCUT2D eigenvalue weighted by molar-refractivity contribution is 5.88. The maximum atomic E-state index is 11.1. The van der Waals surface area contributed by atoms with Crippen LogP contribution in [0.4, 0.5) is 0 Å². The molecule has 1 rings (SSSR count). The van der Waals surface area contributed by atoms with Gasteiger partial charge in [0.25, 0.3) is 0 Å². The number of aromatic nitrogens is 1. The lowest BCUT2D eigenvalue weighted by Gasteiger charge is -2.00. The molecule has 0 spiro atoms. The molecule has 1 heterocycles. The largest absolute Gasteiger partial charge is 0.461 e. The summed E-state index contributed by atoms with van der Waals surface area (Å²) in [7, 11) is 0. The summed E-state index contributed by atoms with van der Waals surface area (Å²) in [5, 5.41) is 0. The molecular weight excluding hydrogens is 227 g/mol. The molecule has 80 valence electrons. The number of hydrogen-bond acceptors (Lipinski definition) is 4. The van der Waals surface area contributed by atoms with Gasteiger partial charge in [0, 0.05) is 18.9 Å². The molecule has 1 aromatic heterocycles. The predicted molar refractivity (Wildman–Crippen MR) is 58.1 cm³/mol. The van der Waals surface area contributed by atoms with E-state index in [0.29, 0.717) is 12.1 Å². The van der Waals surface area contributed by atoms with Crippen LogP contribution in [-0.2, 0) is 4.74 Å². The van der Waals surface area contributed by atoms with Crippen LogP contribution in [0.15, 0.2) is 24.5 Å². The van der Waals surface area contributed by atoms with Crippen molar-refractivity contribution in [2.45, 2.75) is 0 Å². The average Bonchev–Trinajstić information content (AvgIpc) is 2.15. The number of pyridine rings is 1. The second-order valence-electron chi connectivity index (χ2n) is 2.17. The van der Waals surface area contributed by atoms with Gasteiger partial charge in [-0.3, -0.25) is 4.98 Å². The molecule has 6 heteroatoms. The molecule has 14 heavy (non-hydrogen) atoms. The van der Waals surface area contributed by atoms with Crippen molar-refractivity contribution in [2.75, 3.05) is 13.2 Å². The van der Waals surface area contributed by atoms with E-state index in [1.54, 1.807) is 18.3 Å². The highest BCUT2D eigenvalue weighted by atomic mass is 35.5. The van der Waals surface area contributed by atoms with Crippen LogP contribution < -0.4 is 5.73 Å². The fourth-order valence-corrected chi connectivity index (χ4v) is 0.718. The lowest BCUT2D eigenvalue weighted by Crippen LogP contribution is -2.13. The Kier molecular flexibility index (Phi) is 9.76. The summed E-state index contributed by atoms with van der Waals surface area (Å²) >= 11 is 0. The number of esters is 1. The summed E-state index contributed by atoms with van der Waals surface area (Å²) in [6.07, 6.45) is 3.05. The second kappa shape index (κ2) is 8.74. The van der Waals surface area contributed by atoms with E-state index in [4.69, 9.17) is 10.5 Å². The summed E-state index contributed by atoms with van der Waals surface area (Å²) in [6.45, 7) is 0.583. The summed E-state index contributed by atoms with van der Waals surface area (Å²) in [4.78, 5) is 14.9. The standard InChI is InChI=1S/C8H10N2O2.2ClH/c9-3-5-12-8(11)7-2-1-4-10-6-7;;/h1-2,4,6H,3,5,9H2;2*1H. The molecule has 0 radical (unpaired) electrons. The van der Waals surface area contributed by atoms with Gasteiger partial charge < -0.3 is 10.5 Å². The number of halogens is 2. The molecule has 4 nitrogen and oxygen atoms in total. The SMILES string of the molecule is Cl.Cl.NCCOC(=O)c1cccnc1. The highest BCUT2D eigenvalue weighted by Crippen LogP contribution is 1.97. The van der Waals surface area contributed by atoms with Crippen LogP contribution in [-0.4, -0.2) is 24.1 Å². The van der Waals surface area contributed by atoms with E-state index in [1.165, 1.54) is 6.20 Å². The van der Waals surface area contributed by atoms with Crippen molar-refractivity contribution in [2.24, 2.45) is 5.73 Å². The van der Waals surface area contributed by atoms with Crippen LogP contribution >= 0.6 is 24.8 Å². The molecule has 0 aliphatic carbocycles. The molecule has 0 aliphatic rings. The van der Waals surface area contributed by atoms with Gasteiger partial charge in [0.05, 0.1) is 5.56 Å². The fourth-order valence-electron chi connectivity index (χ4n) is 0.718. The van der Waals surface area contributed by atoms with Crippen LogP contribution in [0.5, 0.6) is 0 Å². The predicted octanol–water partition coefficient (Wildman–Crippen LogP) is 1.04. The van der Waals surface area contributed by atoms with Crippen molar-refractivity contribution in [3.05, 3.63) is 30.1 Å². The molecule has 0 saturated heterocycles. The van der Waals surface area contributed by atoms with E-state index >= 15 is 0 Å². The van der Waals surface area contributed by atoms with E-state index in [2.05, 4.69) is 4.98 Å². The van der Waals surface area contributed by atoms with Crippen molar-refractivity contribution in [3.8, 4) is 0 Å². The topological polar surface area (TPSA) is 65.2 Å². The van der Waals surface area contributed by atoms with Gasteiger partial charge in [-0.2, -0.15) is 0 Å². The number of hydrogen-bond donors (Lipinski definition) is 1. The normalized spacial score (nSPS) is 8.07. The summed E-state index contributed by atoms with van der Waals surface area (Å²) in [5.41, 5.74) is 5.61. The number of nitrogens with two attached hydrogens (primary N) is 1. The summed E-state index contributed by atoms with van der Waals surface area (Å²) in [5.74, 6) is -0.381. The number of carbonyl (C=O) groups excluding carboxylic acids is 1. The minimum Gasteiger partial charge on any atom is -0.461 e. The Balaban J connectivity index is 0. The van der Waals surface area contributed by atoms with Crippen molar-refractivity contribution in [1.82, 2.24) is 4.98 Å². The third-order valence-electron chi connectivity index (χ3n) is 1.25. The monoisotopic (exact) mass is 238 g/mol. The zero-order chi connectivity index (χ0) is 8.81. The molecule has 0 saturated carbocycles. The Morgan fingerprint density at radius 2 is 2.21 bits per heavy atom. The fraction of sp³-hybridized carbons (Fsp3) is 0.250. The van der Waals surface area contributed by atoms with Crippen molar-refractivity contribution >= 4 is 30.8 Å². The third kappa shape index (κ3) is 5.01. The maximum absolute atomic E-state index is 11.1. The smallest absolute Gasteiger partial charge is 0.339 e. The van der Waals surface area contributed by atoms with Gasteiger partial charge in [-0.05, 0) is 12.1 Å². The van der Waals surface area contributed by atoms with Crippen molar-refractivity contribution in [3.63, 3.8) is 0 Å². The zero-order valence-corrected chi connectivity index (χ0v) is 9.01. The molecule has 0 amide bonds. The second-order valence-corrected chi connectivity index (χ2v) is 2.17. The van der Waals surface area contributed by atoms with E-state index in [-0.39, 0.29) is 37.4 Å². The van der Waals surface area contributed by atoms with Crippen LogP contribution in [0.25, 0.3) is 0 Å². The molecule has 1 aromatic rings. The third-order valence-corrected chi connectivity index (χ3v) is 1.25. The van der Waals surface area contributed by atoms with Gasteiger partial charge in [0.15, 0.2) is 0 Å². The van der Waals surface area contributed by atoms with E-state index in [1.807, 2.05) is 0 Å². The Labute approximate surface area is 94.7 Å². The molecule has 0 atom stereocenters. The number of rotatable bonds is 3. The number of nitrogens with zero attached hydrogens (tertiary/aromatic N) is 1. The minimum absolute atomic E-state index is 0. The number of carbonyl (C=O) groups is 1. The van der Waals surface area contributed by atoms with E-state index < -0.39 is 0 Å². The molecule has 0 aliphatic heterocycles. The molecular formula is C8H12Cl2N2O2. The van der Waals surface area contributed by atoms with Gasteiger partial charge in [-0.25, -0.2) is 4.79 Å². The Morgan fingerprint density at radius 3 is 2.71 bits per heavy atom. The molecule has 0 aromatic carbocycles. The molecule has 0 fully saturated rings. The Hall–Kier alpha value is -0.840. The lowest BCUT2D eigenvalue weighted by molar-refractivity contribution is 0.0516. The first kappa shape index (κ1) is 15.6. The van der Waals surface area contributed by atoms with Crippen molar-refractivity contribution < 1.29 is 9.53 Å². The Morgan fingerprint density at radius 1 is 1.50 bits per heavy atom. The first-order chi connectivity index (χ1) is 5.84. The average molecular weight is 239 g/mol. The van der Waals surface area contributed by atoms with Gasteiger partial charge in [0.2, 0.25) is 0 Å². The quantitative estimate of drug-likeness (QED) is 0.800. The van der Waals surface area contributed by atoms with Gasteiger partial charge in [-0.15, -0.1) is 24.8 Å². The highest BCUT2D eigenvalue weighted by Gasteiger charge is 2.04. The van der Waals surface area contributed by atoms with Crippen molar-refractivity contribution in [1.29, 1.82) is 0 Å². The zero-order valence-electron chi connectivity index (χ0n) is 7.38. The number of ether oxygens (including phenoxy) is 1. The molecule has 0 bridgehead atoms. The lowest BCUT2D eigenvalue weighted by atomic mass is 10.3. The van der Waals surface area contributed by atoms with Crippen LogP contribution in [0.1, 0.15) is 10.4 Å².